The normalized spacial score (nSPS) is 13.2. The summed E-state index contributed by atoms with van der Waals surface area (Å²) in [5.74, 6) is 0.912. The zero-order valence-corrected chi connectivity index (χ0v) is 16.8. The molecule has 0 saturated carbocycles. The van der Waals surface area contributed by atoms with Crippen molar-refractivity contribution in [1.82, 2.24) is 19.6 Å². The first-order valence-corrected chi connectivity index (χ1v) is 9.71. The minimum Gasteiger partial charge on any atom is -0.476 e. The summed E-state index contributed by atoms with van der Waals surface area (Å²) in [5, 5.41) is 7.96. The number of hydrogen-bond donors (Lipinski definition) is 2. The lowest BCUT2D eigenvalue weighted by atomic mass is 10.1. The number of halogens is 1. The summed E-state index contributed by atoms with van der Waals surface area (Å²) in [5.41, 5.74) is 8.93. The second kappa shape index (κ2) is 8.46. The summed E-state index contributed by atoms with van der Waals surface area (Å²) in [6.07, 6.45) is 3.47. The molecule has 0 radical (unpaired) electrons. The van der Waals surface area contributed by atoms with Crippen LogP contribution in [-0.4, -0.2) is 32.2 Å². The third kappa shape index (κ3) is 4.38. The van der Waals surface area contributed by atoms with Crippen molar-refractivity contribution >= 4 is 11.5 Å². The molecule has 0 unspecified atom stereocenters. The van der Waals surface area contributed by atoms with Gasteiger partial charge < -0.3 is 15.8 Å². The lowest BCUT2D eigenvalue weighted by molar-refractivity contribution is 0.285. The molecule has 30 heavy (non-hydrogen) atoms. The number of rotatable bonds is 7. The Morgan fingerprint density at radius 1 is 1.10 bits per heavy atom. The molecule has 8 heteroatoms. The van der Waals surface area contributed by atoms with Crippen molar-refractivity contribution in [3.63, 3.8) is 0 Å². The van der Waals surface area contributed by atoms with Gasteiger partial charge in [0, 0.05) is 23.9 Å². The van der Waals surface area contributed by atoms with E-state index in [0.717, 1.165) is 16.8 Å². The fourth-order valence-corrected chi connectivity index (χ4v) is 3.06. The predicted octanol–water partition coefficient (Wildman–Crippen LogP) is 3.83. The fraction of sp³-hybridized carbons (Fsp3) is 0.227. The molecule has 3 N–H and O–H groups in total. The Kier molecular flexibility index (Phi) is 5.58. The van der Waals surface area contributed by atoms with E-state index >= 15 is 0 Å². The van der Waals surface area contributed by atoms with Crippen LogP contribution < -0.4 is 15.8 Å². The molecule has 0 aliphatic carbocycles. The van der Waals surface area contributed by atoms with Crippen molar-refractivity contribution in [3.05, 3.63) is 72.3 Å². The number of anilines is 1. The molecule has 1 aromatic carbocycles. The quantitative estimate of drug-likeness (QED) is 0.485. The molecule has 0 bridgehead atoms. The maximum Gasteiger partial charge on any atom is 0.213 e. The largest absolute Gasteiger partial charge is 0.476 e. The average molecular weight is 406 g/mol. The summed E-state index contributed by atoms with van der Waals surface area (Å²) in [6, 6.07) is 13.8. The van der Waals surface area contributed by atoms with E-state index in [0.29, 0.717) is 24.0 Å². The first-order chi connectivity index (χ1) is 14.5. The van der Waals surface area contributed by atoms with Gasteiger partial charge in [0.2, 0.25) is 5.88 Å². The lowest BCUT2D eigenvalue weighted by Crippen LogP contribution is -2.23. The van der Waals surface area contributed by atoms with E-state index in [2.05, 4.69) is 20.4 Å². The van der Waals surface area contributed by atoms with Crippen LogP contribution in [0.4, 0.5) is 10.2 Å². The van der Waals surface area contributed by atoms with Gasteiger partial charge in [-0.1, -0.05) is 12.1 Å². The Balaban J connectivity index is 1.57. The summed E-state index contributed by atoms with van der Waals surface area (Å²) in [6.45, 7) is 4.24. The molecule has 0 fully saturated rings. The third-order valence-corrected chi connectivity index (χ3v) is 4.60. The average Bonchev–Trinajstić information content (AvgIpc) is 3.16. The zero-order valence-electron chi connectivity index (χ0n) is 16.8. The van der Waals surface area contributed by atoms with Crippen molar-refractivity contribution in [1.29, 1.82) is 0 Å². The molecule has 7 nitrogen and oxygen atoms in total. The molecule has 0 aliphatic heterocycles. The highest BCUT2D eigenvalue weighted by atomic mass is 19.1. The van der Waals surface area contributed by atoms with Crippen molar-refractivity contribution in [2.24, 2.45) is 5.73 Å². The fourth-order valence-electron chi connectivity index (χ4n) is 3.06. The highest BCUT2D eigenvalue weighted by Crippen LogP contribution is 2.23. The lowest BCUT2D eigenvalue weighted by Gasteiger charge is -2.15. The molecule has 0 saturated heterocycles. The van der Waals surface area contributed by atoms with Gasteiger partial charge in [-0.3, -0.25) is 0 Å². The van der Waals surface area contributed by atoms with Crippen LogP contribution in [-0.2, 0) is 0 Å². The second-order valence-corrected chi connectivity index (χ2v) is 7.23. The second-order valence-electron chi connectivity index (χ2n) is 7.23. The van der Waals surface area contributed by atoms with Crippen LogP contribution in [0.5, 0.6) is 5.88 Å². The molecular formula is C22H23FN6O. The van der Waals surface area contributed by atoms with Crippen molar-refractivity contribution in [2.45, 2.75) is 25.9 Å². The van der Waals surface area contributed by atoms with E-state index < -0.39 is 0 Å². The van der Waals surface area contributed by atoms with Gasteiger partial charge in [-0.15, -0.1) is 5.10 Å². The van der Waals surface area contributed by atoms with E-state index in [1.807, 2.05) is 38.1 Å². The van der Waals surface area contributed by atoms with Crippen LogP contribution >= 0.6 is 0 Å². The topological polar surface area (TPSA) is 90.4 Å². The number of imidazole rings is 1. The van der Waals surface area contributed by atoms with Crippen LogP contribution in [0.3, 0.4) is 0 Å². The number of nitrogens with zero attached hydrogens (tertiary/aromatic N) is 4. The molecule has 0 aliphatic rings. The summed E-state index contributed by atoms with van der Waals surface area (Å²) >= 11 is 0. The summed E-state index contributed by atoms with van der Waals surface area (Å²) in [4.78, 5) is 8.75. The van der Waals surface area contributed by atoms with E-state index in [9.17, 15) is 4.39 Å². The SMILES string of the molecule is C[C@H](N)COc1ccc(-c2cnc3ccc(N[C@H](C)c4cccc(F)c4)nn23)cn1. The minimum atomic E-state index is -0.262. The Hall–Kier alpha value is -3.52. The number of fused-ring (bicyclic) bond motifs is 1. The van der Waals surface area contributed by atoms with Gasteiger partial charge in [-0.25, -0.2) is 18.9 Å². The molecule has 4 aromatic rings. The third-order valence-electron chi connectivity index (χ3n) is 4.60. The first kappa shape index (κ1) is 19.8. The number of nitrogens with one attached hydrogen (secondary N) is 1. The Labute approximate surface area is 173 Å². The van der Waals surface area contributed by atoms with Crippen LogP contribution in [0.1, 0.15) is 25.5 Å². The number of benzene rings is 1. The van der Waals surface area contributed by atoms with Crippen LogP contribution in [0.2, 0.25) is 0 Å². The van der Waals surface area contributed by atoms with Gasteiger partial charge >= 0.3 is 0 Å². The van der Waals surface area contributed by atoms with Crippen molar-refractivity contribution in [2.75, 3.05) is 11.9 Å². The van der Waals surface area contributed by atoms with Crippen molar-refractivity contribution < 1.29 is 9.13 Å². The van der Waals surface area contributed by atoms with Gasteiger partial charge in [0.15, 0.2) is 5.65 Å². The number of pyridine rings is 1. The summed E-state index contributed by atoms with van der Waals surface area (Å²) in [7, 11) is 0. The van der Waals surface area contributed by atoms with Crippen LogP contribution in [0, 0.1) is 5.82 Å². The van der Waals surface area contributed by atoms with Gasteiger partial charge in [0.25, 0.3) is 0 Å². The molecule has 0 spiro atoms. The van der Waals surface area contributed by atoms with Crippen molar-refractivity contribution in [3.8, 4) is 17.1 Å². The van der Waals surface area contributed by atoms with Gasteiger partial charge in [-0.05, 0) is 49.7 Å². The molecule has 3 heterocycles. The molecule has 2 atom stereocenters. The summed E-state index contributed by atoms with van der Waals surface area (Å²) < 4.78 is 20.8. The molecule has 3 aromatic heterocycles. The first-order valence-electron chi connectivity index (χ1n) is 9.71. The number of hydrogen-bond acceptors (Lipinski definition) is 6. The maximum absolute atomic E-state index is 13.5. The van der Waals surface area contributed by atoms with Gasteiger partial charge in [-0.2, -0.15) is 0 Å². The maximum atomic E-state index is 13.5. The number of nitrogens with two attached hydrogens (primary N) is 1. The number of aromatic nitrogens is 4. The zero-order chi connectivity index (χ0) is 21.1. The predicted molar refractivity (Wildman–Crippen MR) is 114 cm³/mol. The molecular weight excluding hydrogens is 383 g/mol. The smallest absolute Gasteiger partial charge is 0.213 e. The Morgan fingerprint density at radius 3 is 2.70 bits per heavy atom. The highest BCUT2D eigenvalue weighted by molar-refractivity contribution is 5.63. The van der Waals surface area contributed by atoms with Gasteiger partial charge in [0.05, 0.1) is 17.9 Å². The van der Waals surface area contributed by atoms with E-state index in [4.69, 9.17) is 10.5 Å². The van der Waals surface area contributed by atoms with E-state index in [1.165, 1.54) is 12.1 Å². The van der Waals surface area contributed by atoms with Crippen LogP contribution in [0.15, 0.2) is 60.9 Å². The molecule has 154 valence electrons. The van der Waals surface area contributed by atoms with E-state index in [1.54, 1.807) is 29.0 Å². The standard InChI is InChI=1S/C22H23FN6O/c1-14(24)13-30-22-9-6-17(11-26-22)19-12-25-21-8-7-20(28-29(19)21)27-15(2)16-4-3-5-18(23)10-16/h3-12,14-15H,13,24H2,1-2H3,(H,27,28)/t14-,15+/m0/s1. The number of ether oxygens (including phenoxy) is 1. The highest BCUT2D eigenvalue weighted by Gasteiger charge is 2.11. The molecule has 0 amide bonds. The Bertz CT molecular complexity index is 1140. The Morgan fingerprint density at radius 2 is 1.97 bits per heavy atom. The minimum absolute atomic E-state index is 0.0601. The van der Waals surface area contributed by atoms with Gasteiger partial charge in [0.1, 0.15) is 18.2 Å². The monoisotopic (exact) mass is 406 g/mol. The van der Waals surface area contributed by atoms with Crippen LogP contribution in [0.25, 0.3) is 16.9 Å². The molecule has 4 rings (SSSR count). The van der Waals surface area contributed by atoms with E-state index in [-0.39, 0.29) is 17.9 Å².